The van der Waals surface area contributed by atoms with Gasteiger partial charge in [0, 0.05) is 30.2 Å². The molecule has 4 nitrogen and oxygen atoms in total. The van der Waals surface area contributed by atoms with Crippen LogP contribution in [0.2, 0.25) is 0 Å². The number of hydrogen-bond donors (Lipinski definition) is 0. The maximum absolute atomic E-state index is 14.5. The van der Waals surface area contributed by atoms with E-state index in [1.165, 1.54) is 12.1 Å². The van der Waals surface area contributed by atoms with Crippen LogP contribution >= 0.6 is 0 Å². The number of hydrogen-bond acceptors (Lipinski definition) is 3. The smallest absolute Gasteiger partial charge is 0.254 e. The summed E-state index contributed by atoms with van der Waals surface area (Å²) in [7, 11) is 0. The van der Waals surface area contributed by atoms with Gasteiger partial charge in [0.05, 0.1) is 12.3 Å². The SMILES string of the molecule is O=C(c1cccc2ccccc12)N(Cc1ccc(F)cc1F)C[C@@H]1CC(c2ccccc2)=NO1. The summed E-state index contributed by atoms with van der Waals surface area (Å²) in [6.45, 7) is 0.188. The molecule has 1 aliphatic heterocycles. The number of halogens is 2. The Morgan fingerprint density at radius 1 is 0.941 bits per heavy atom. The van der Waals surface area contributed by atoms with E-state index in [1.807, 2.05) is 66.7 Å². The van der Waals surface area contributed by atoms with Crippen molar-refractivity contribution in [1.29, 1.82) is 0 Å². The van der Waals surface area contributed by atoms with Crippen molar-refractivity contribution < 1.29 is 18.4 Å². The summed E-state index contributed by atoms with van der Waals surface area (Å²) in [4.78, 5) is 20.9. The van der Waals surface area contributed by atoms with Gasteiger partial charge in [-0.05, 0) is 28.5 Å². The first-order valence-corrected chi connectivity index (χ1v) is 11.1. The zero-order valence-electron chi connectivity index (χ0n) is 18.3. The van der Waals surface area contributed by atoms with Gasteiger partial charge in [0.25, 0.3) is 5.91 Å². The van der Waals surface area contributed by atoms with Gasteiger partial charge >= 0.3 is 0 Å². The van der Waals surface area contributed by atoms with Gasteiger partial charge in [0.2, 0.25) is 0 Å². The molecule has 34 heavy (non-hydrogen) atoms. The molecule has 0 radical (unpaired) electrons. The second-order valence-electron chi connectivity index (χ2n) is 8.28. The summed E-state index contributed by atoms with van der Waals surface area (Å²) < 4.78 is 28.0. The normalized spacial score (nSPS) is 15.1. The van der Waals surface area contributed by atoms with Gasteiger partial charge in [-0.15, -0.1) is 0 Å². The highest BCUT2D eigenvalue weighted by Gasteiger charge is 2.28. The summed E-state index contributed by atoms with van der Waals surface area (Å²) in [5.41, 5.74) is 2.51. The van der Waals surface area contributed by atoms with Gasteiger partial charge in [-0.2, -0.15) is 0 Å². The predicted octanol–water partition coefficient (Wildman–Crippen LogP) is 5.95. The molecule has 1 atom stereocenters. The molecular formula is C28H22F2N2O2. The molecular weight excluding hydrogens is 434 g/mol. The molecule has 1 amide bonds. The second kappa shape index (κ2) is 9.43. The van der Waals surface area contributed by atoms with E-state index in [0.717, 1.165) is 28.1 Å². The molecule has 0 saturated carbocycles. The molecule has 1 heterocycles. The van der Waals surface area contributed by atoms with E-state index >= 15 is 0 Å². The lowest BCUT2D eigenvalue weighted by Crippen LogP contribution is -2.37. The van der Waals surface area contributed by atoms with E-state index in [1.54, 1.807) is 11.0 Å². The third kappa shape index (κ3) is 4.53. The highest BCUT2D eigenvalue weighted by Crippen LogP contribution is 2.24. The van der Waals surface area contributed by atoms with Crippen LogP contribution in [-0.4, -0.2) is 29.2 Å². The van der Waals surface area contributed by atoms with E-state index in [0.29, 0.717) is 12.0 Å². The van der Waals surface area contributed by atoms with Crippen molar-refractivity contribution in [3.8, 4) is 0 Å². The molecule has 0 N–H and O–H groups in total. The first-order valence-electron chi connectivity index (χ1n) is 11.1. The van der Waals surface area contributed by atoms with Crippen molar-refractivity contribution in [1.82, 2.24) is 4.90 Å². The molecule has 5 rings (SSSR count). The molecule has 4 aromatic rings. The van der Waals surface area contributed by atoms with E-state index < -0.39 is 11.6 Å². The summed E-state index contributed by atoms with van der Waals surface area (Å²) >= 11 is 0. The van der Waals surface area contributed by atoms with Crippen LogP contribution in [0.1, 0.15) is 27.9 Å². The van der Waals surface area contributed by atoms with Crippen molar-refractivity contribution in [2.45, 2.75) is 19.1 Å². The molecule has 6 heteroatoms. The van der Waals surface area contributed by atoms with E-state index in [2.05, 4.69) is 5.16 Å². The Bertz CT molecular complexity index is 1370. The molecule has 0 unspecified atom stereocenters. The van der Waals surface area contributed by atoms with Gasteiger partial charge in [0.1, 0.15) is 11.6 Å². The van der Waals surface area contributed by atoms with Crippen molar-refractivity contribution >= 4 is 22.4 Å². The topological polar surface area (TPSA) is 41.9 Å². The molecule has 4 aromatic carbocycles. The van der Waals surface area contributed by atoms with Crippen molar-refractivity contribution in [3.05, 3.63) is 119 Å². The lowest BCUT2D eigenvalue weighted by Gasteiger charge is -2.26. The largest absolute Gasteiger partial charge is 0.390 e. The van der Waals surface area contributed by atoms with E-state index in [-0.39, 0.29) is 30.7 Å². The van der Waals surface area contributed by atoms with Crippen LogP contribution in [0.5, 0.6) is 0 Å². The maximum atomic E-state index is 14.5. The Kier molecular flexibility index (Phi) is 6.04. The fraction of sp³-hybridized carbons (Fsp3) is 0.143. The minimum absolute atomic E-state index is 0.0191. The molecule has 0 fully saturated rings. The first-order chi connectivity index (χ1) is 16.6. The maximum Gasteiger partial charge on any atom is 0.254 e. The zero-order chi connectivity index (χ0) is 23.5. The summed E-state index contributed by atoms with van der Waals surface area (Å²) in [5.74, 6) is -1.60. The fourth-order valence-corrected chi connectivity index (χ4v) is 4.23. The Labute approximate surface area is 196 Å². The predicted molar refractivity (Wildman–Crippen MR) is 128 cm³/mol. The van der Waals surface area contributed by atoms with Crippen LogP contribution in [0.25, 0.3) is 10.8 Å². The first kappa shape index (κ1) is 21.8. The summed E-state index contributed by atoms with van der Waals surface area (Å²) in [6.07, 6.45) is 0.146. The van der Waals surface area contributed by atoms with Gasteiger partial charge in [-0.25, -0.2) is 8.78 Å². The quantitative estimate of drug-likeness (QED) is 0.360. The third-order valence-electron chi connectivity index (χ3n) is 5.95. The lowest BCUT2D eigenvalue weighted by molar-refractivity contribution is 0.0404. The Hall–Kier alpha value is -4.06. The zero-order valence-corrected chi connectivity index (χ0v) is 18.3. The van der Waals surface area contributed by atoms with Crippen molar-refractivity contribution in [2.24, 2.45) is 5.16 Å². The van der Waals surface area contributed by atoms with Crippen LogP contribution in [0.4, 0.5) is 8.78 Å². The highest BCUT2D eigenvalue weighted by atomic mass is 19.1. The van der Waals surface area contributed by atoms with Crippen LogP contribution < -0.4 is 0 Å². The minimum atomic E-state index is -0.690. The average molecular weight is 456 g/mol. The number of rotatable bonds is 6. The number of carbonyl (C=O) groups excluding carboxylic acids is 1. The number of amides is 1. The minimum Gasteiger partial charge on any atom is -0.390 e. The number of carbonyl (C=O) groups is 1. The highest BCUT2D eigenvalue weighted by molar-refractivity contribution is 6.07. The number of oxime groups is 1. The molecule has 0 aliphatic carbocycles. The van der Waals surface area contributed by atoms with Crippen molar-refractivity contribution in [3.63, 3.8) is 0 Å². The van der Waals surface area contributed by atoms with Crippen LogP contribution in [0.3, 0.4) is 0 Å². The van der Waals surface area contributed by atoms with E-state index in [4.69, 9.17) is 4.84 Å². The van der Waals surface area contributed by atoms with Gasteiger partial charge < -0.3 is 9.74 Å². The monoisotopic (exact) mass is 456 g/mol. The molecule has 1 aliphatic rings. The fourth-order valence-electron chi connectivity index (χ4n) is 4.23. The van der Waals surface area contributed by atoms with Crippen LogP contribution in [0, 0.1) is 11.6 Å². The second-order valence-corrected chi connectivity index (χ2v) is 8.28. The van der Waals surface area contributed by atoms with E-state index in [9.17, 15) is 13.6 Å². The van der Waals surface area contributed by atoms with Gasteiger partial charge in [-0.3, -0.25) is 4.79 Å². The number of benzene rings is 4. The van der Waals surface area contributed by atoms with Crippen molar-refractivity contribution in [2.75, 3.05) is 6.54 Å². The average Bonchev–Trinajstić information content (AvgIpc) is 3.33. The summed E-state index contributed by atoms with van der Waals surface area (Å²) in [5, 5.41) is 5.96. The van der Waals surface area contributed by atoms with Crippen LogP contribution in [0.15, 0.2) is 96.2 Å². The van der Waals surface area contributed by atoms with Gasteiger partial charge in [0.15, 0.2) is 6.10 Å². The Morgan fingerprint density at radius 2 is 1.71 bits per heavy atom. The molecule has 0 aromatic heterocycles. The lowest BCUT2D eigenvalue weighted by atomic mass is 10.0. The third-order valence-corrected chi connectivity index (χ3v) is 5.95. The molecule has 0 saturated heterocycles. The summed E-state index contributed by atoms with van der Waals surface area (Å²) in [6, 6.07) is 26.3. The number of nitrogens with zero attached hydrogens (tertiary/aromatic N) is 2. The molecule has 170 valence electrons. The van der Waals surface area contributed by atoms with Gasteiger partial charge in [-0.1, -0.05) is 78.0 Å². The molecule has 0 spiro atoms. The Balaban J connectivity index is 1.43. The molecule has 0 bridgehead atoms. The van der Waals surface area contributed by atoms with Crippen LogP contribution in [-0.2, 0) is 11.4 Å². The standard InChI is InChI=1S/C28H22F2N2O2/c29-22-14-13-21(26(30)15-22)17-32(18-23-16-27(31-34-23)20-8-2-1-3-9-20)28(33)25-12-6-10-19-7-4-5-11-24(19)25/h1-15,23H,16-18H2/t23-/m0/s1. The Morgan fingerprint density at radius 3 is 2.53 bits per heavy atom. The number of fused-ring (bicyclic) bond motifs is 1.